The lowest BCUT2D eigenvalue weighted by Crippen LogP contribution is -2.19. The average Bonchev–Trinajstić information content (AvgIpc) is 2.80. The minimum Gasteiger partial charge on any atom is -0.377 e. The summed E-state index contributed by atoms with van der Waals surface area (Å²) < 4.78 is 9.79. The highest BCUT2D eigenvalue weighted by molar-refractivity contribution is 6.11. The average molecular weight is 277 g/mol. The van der Waals surface area contributed by atoms with Crippen molar-refractivity contribution in [1.82, 2.24) is 0 Å². The standard InChI is InChI=1S/C15H19NO4/c1-19-7-13(17)11-4-3-9-10(5-6-12(9)16)15(11)14(18)8-20-2/h3-4,12H,5-8,16H2,1-2H3/t12-/m1/s1. The van der Waals surface area contributed by atoms with Crippen LogP contribution in [0.4, 0.5) is 0 Å². The lowest BCUT2D eigenvalue weighted by atomic mass is 9.92. The Kier molecular flexibility index (Phi) is 4.65. The summed E-state index contributed by atoms with van der Waals surface area (Å²) in [5, 5.41) is 0. The first-order valence-electron chi connectivity index (χ1n) is 6.55. The van der Waals surface area contributed by atoms with Crippen molar-refractivity contribution in [3.63, 3.8) is 0 Å². The molecule has 1 aliphatic rings. The number of Topliss-reactive ketones (excluding diaryl/α,β-unsaturated/α-hetero) is 2. The predicted octanol–water partition coefficient (Wildman–Crippen LogP) is 1.29. The second-order valence-electron chi connectivity index (χ2n) is 4.91. The second-order valence-corrected chi connectivity index (χ2v) is 4.91. The van der Waals surface area contributed by atoms with Crippen LogP contribution in [0.3, 0.4) is 0 Å². The number of ketones is 2. The van der Waals surface area contributed by atoms with Gasteiger partial charge in [0.05, 0.1) is 0 Å². The first-order valence-corrected chi connectivity index (χ1v) is 6.55. The van der Waals surface area contributed by atoms with E-state index in [1.54, 1.807) is 6.07 Å². The fraction of sp³-hybridized carbons (Fsp3) is 0.467. The largest absolute Gasteiger partial charge is 0.377 e. The first-order chi connectivity index (χ1) is 9.60. The fourth-order valence-electron chi connectivity index (χ4n) is 2.70. The van der Waals surface area contributed by atoms with E-state index < -0.39 is 0 Å². The topological polar surface area (TPSA) is 78.6 Å². The first kappa shape index (κ1) is 14.8. The van der Waals surface area contributed by atoms with Crippen LogP contribution in [-0.2, 0) is 15.9 Å². The molecule has 1 atom stereocenters. The molecule has 0 spiro atoms. The number of methoxy groups -OCH3 is 2. The molecule has 0 aromatic heterocycles. The van der Waals surface area contributed by atoms with Crippen LogP contribution in [0.2, 0.25) is 0 Å². The van der Waals surface area contributed by atoms with Gasteiger partial charge in [0.25, 0.3) is 0 Å². The van der Waals surface area contributed by atoms with Crippen LogP contribution < -0.4 is 5.73 Å². The summed E-state index contributed by atoms with van der Waals surface area (Å²) in [6.07, 6.45) is 1.51. The lowest BCUT2D eigenvalue weighted by Gasteiger charge is -2.13. The molecule has 20 heavy (non-hydrogen) atoms. The zero-order valence-corrected chi connectivity index (χ0v) is 11.8. The van der Waals surface area contributed by atoms with Gasteiger partial charge in [-0.1, -0.05) is 12.1 Å². The Labute approximate surface area is 118 Å². The summed E-state index contributed by atoms with van der Waals surface area (Å²) in [6, 6.07) is 3.46. The van der Waals surface area contributed by atoms with E-state index in [1.807, 2.05) is 6.07 Å². The molecule has 0 unspecified atom stereocenters. The van der Waals surface area contributed by atoms with Crippen LogP contribution in [-0.4, -0.2) is 39.0 Å². The van der Waals surface area contributed by atoms with Crippen LogP contribution in [0.25, 0.3) is 0 Å². The van der Waals surface area contributed by atoms with Gasteiger partial charge in [0.15, 0.2) is 11.6 Å². The molecule has 1 aromatic rings. The maximum absolute atomic E-state index is 12.3. The second kappa shape index (κ2) is 6.26. The van der Waals surface area contributed by atoms with Crippen molar-refractivity contribution in [3.8, 4) is 0 Å². The molecule has 1 aliphatic carbocycles. The Balaban J connectivity index is 2.52. The summed E-state index contributed by atoms with van der Waals surface area (Å²) in [7, 11) is 2.92. The van der Waals surface area contributed by atoms with Crippen molar-refractivity contribution < 1.29 is 19.1 Å². The van der Waals surface area contributed by atoms with Crippen molar-refractivity contribution in [3.05, 3.63) is 34.4 Å². The number of hydrogen-bond donors (Lipinski definition) is 1. The molecule has 0 fully saturated rings. The maximum atomic E-state index is 12.3. The molecule has 0 aliphatic heterocycles. The van der Waals surface area contributed by atoms with Gasteiger partial charge in [-0.3, -0.25) is 9.59 Å². The molecular formula is C15H19NO4. The Hall–Kier alpha value is -1.56. The van der Waals surface area contributed by atoms with Crippen molar-refractivity contribution in [2.75, 3.05) is 27.4 Å². The van der Waals surface area contributed by atoms with Gasteiger partial charge in [0.1, 0.15) is 13.2 Å². The smallest absolute Gasteiger partial charge is 0.189 e. The highest BCUT2D eigenvalue weighted by Crippen LogP contribution is 2.34. The molecule has 2 N–H and O–H groups in total. The summed E-state index contributed by atoms with van der Waals surface area (Å²) >= 11 is 0. The lowest BCUT2D eigenvalue weighted by molar-refractivity contribution is 0.0814. The highest BCUT2D eigenvalue weighted by Gasteiger charge is 2.28. The molecule has 0 heterocycles. The zero-order chi connectivity index (χ0) is 14.7. The summed E-state index contributed by atoms with van der Waals surface area (Å²) in [5.74, 6) is -0.381. The minimum atomic E-state index is -0.199. The van der Waals surface area contributed by atoms with Gasteiger partial charge in [0, 0.05) is 31.4 Å². The Bertz CT molecular complexity index is 539. The number of ether oxygens (including phenoxy) is 2. The molecule has 1 aromatic carbocycles. The van der Waals surface area contributed by atoms with E-state index in [4.69, 9.17) is 15.2 Å². The van der Waals surface area contributed by atoms with E-state index in [0.717, 1.165) is 24.0 Å². The normalized spacial score (nSPS) is 17.1. The minimum absolute atomic E-state index is 0.0427. The number of fused-ring (bicyclic) bond motifs is 1. The fourth-order valence-corrected chi connectivity index (χ4v) is 2.70. The van der Waals surface area contributed by atoms with Crippen LogP contribution in [0.15, 0.2) is 12.1 Å². The molecule has 0 saturated heterocycles. The molecule has 5 nitrogen and oxygen atoms in total. The molecule has 0 saturated carbocycles. The van der Waals surface area contributed by atoms with Crippen molar-refractivity contribution in [1.29, 1.82) is 0 Å². The van der Waals surface area contributed by atoms with E-state index in [9.17, 15) is 9.59 Å². The highest BCUT2D eigenvalue weighted by atomic mass is 16.5. The van der Waals surface area contributed by atoms with Crippen molar-refractivity contribution >= 4 is 11.6 Å². The van der Waals surface area contributed by atoms with Gasteiger partial charge >= 0.3 is 0 Å². The predicted molar refractivity (Wildman–Crippen MR) is 74.1 cm³/mol. The number of hydrogen-bond acceptors (Lipinski definition) is 5. The van der Waals surface area contributed by atoms with Crippen LogP contribution in [0.1, 0.15) is 44.3 Å². The van der Waals surface area contributed by atoms with E-state index in [0.29, 0.717) is 11.1 Å². The van der Waals surface area contributed by atoms with E-state index in [-0.39, 0.29) is 30.8 Å². The molecule has 108 valence electrons. The molecule has 0 amide bonds. The molecule has 0 bridgehead atoms. The van der Waals surface area contributed by atoms with Gasteiger partial charge in [-0.25, -0.2) is 0 Å². The van der Waals surface area contributed by atoms with Gasteiger partial charge < -0.3 is 15.2 Å². The van der Waals surface area contributed by atoms with Gasteiger partial charge in [-0.05, 0) is 24.0 Å². The monoisotopic (exact) mass is 277 g/mol. The van der Waals surface area contributed by atoms with E-state index in [1.165, 1.54) is 14.2 Å². The number of carbonyl (C=O) groups excluding carboxylic acids is 2. The SMILES string of the molecule is COCC(=O)c1ccc2c(c1C(=O)COC)CC[C@H]2N. The third-order valence-corrected chi connectivity index (χ3v) is 3.58. The van der Waals surface area contributed by atoms with Crippen LogP contribution in [0.5, 0.6) is 0 Å². The number of benzene rings is 1. The van der Waals surface area contributed by atoms with Crippen molar-refractivity contribution in [2.45, 2.75) is 18.9 Å². The van der Waals surface area contributed by atoms with Gasteiger partial charge in [0.2, 0.25) is 0 Å². The molecule has 2 rings (SSSR count). The Morgan fingerprint density at radius 2 is 1.85 bits per heavy atom. The van der Waals surface area contributed by atoms with Crippen LogP contribution >= 0.6 is 0 Å². The van der Waals surface area contributed by atoms with E-state index in [2.05, 4.69) is 0 Å². The number of carbonyl (C=O) groups is 2. The zero-order valence-electron chi connectivity index (χ0n) is 11.8. The quantitative estimate of drug-likeness (QED) is 0.793. The molecular weight excluding hydrogens is 258 g/mol. The summed E-state index contributed by atoms with van der Waals surface area (Å²) in [5.41, 5.74) is 8.73. The third kappa shape index (κ3) is 2.65. The molecule has 5 heteroatoms. The summed E-state index contributed by atoms with van der Waals surface area (Å²) in [6.45, 7) is -0.0863. The third-order valence-electron chi connectivity index (χ3n) is 3.58. The Morgan fingerprint density at radius 3 is 2.50 bits per heavy atom. The van der Waals surface area contributed by atoms with E-state index >= 15 is 0 Å². The van der Waals surface area contributed by atoms with Crippen LogP contribution in [0, 0.1) is 0 Å². The number of nitrogens with two attached hydrogens (primary N) is 1. The maximum Gasteiger partial charge on any atom is 0.189 e. The molecule has 0 radical (unpaired) electrons. The summed E-state index contributed by atoms with van der Waals surface area (Å²) in [4.78, 5) is 24.4. The Morgan fingerprint density at radius 1 is 1.20 bits per heavy atom. The number of rotatable bonds is 6. The van der Waals surface area contributed by atoms with Gasteiger partial charge in [-0.2, -0.15) is 0 Å². The van der Waals surface area contributed by atoms with Gasteiger partial charge in [-0.15, -0.1) is 0 Å². The van der Waals surface area contributed by atoms with Crippen molar-refractivity contribution in [2.24, 2.45) is 5.73 Å².